The number of aryl methyl sites for hydroxylation is 1. The highest BCUT2D eigenvalue weighted by atomic mass is 32.2. The number of aromatic nitrogens is 1. The third-order valence-corrected chi connectivity index (χ3v) is 10.2. The van der Waals surface area contributed by atoms with Crippen LogP contribution in [0.2, 0.25) is 0 Å². The van der Waals surface area contributed by atoms with E-state index >= 15 is 0 Å². The average molecular weight is 640 g/mol. The van der Waals surface area contributed by atoms with Gasteiger partial charge in [-0.15, -0.1) is 0 Å². The van der Waals surface area contributed by atoms with Gasteiger partial charge in [0.25, 0.3) is 0 Å². The van der Waals surface area contributed by atoms with Gasteiger partial charge in [-0.25, -0.2) is 4.90 Å². The molecule has 0 saturated carbocycles. The second-order valence-corrected chi connectivity index (χ2v) is 12.5. The molecule has 44 heavy (non-hydrogen) atoms. The first kappa shape index (κ1) is 29.7. The Morgan fingerprint density at radius 2 is 1.68 bits per heavy atom. The van der Waals surface area contributed by atoms with E-state index in [1.54, 1.807) is 36.4 Å². The van der Waals surface area contributed by atoms with Crippen LogP contribution >= 0.6 is 23.1 Å². The predicted octanol–water partition coefficient (Wildman–Crippen LogP) is 5.68. The number of carbonyl (C=O) groups excluding carboxylic acids is 3. The van der Waals surface area contributed by atoms with Gasteiger partial charge in [0.2, 0.25) is 17.7 Å². The van der Waals surface area contributed by atoms with Crippen molar-refractivity contribution in [2.24, 2.45) is 5.92 Å². The molecule has 0 bridgehead atoms. The number of fused-ring (bicyclic) bond motifs is 2. The van der Waals surface area contributed by atoms with Crippen molar-refractivity contribution in [1.82, 2.24) is 4.57 Å². The van der Waals surface area contributed by atoms with Crippen molar-refractivity contribution < 1.29 is 32.3 Å². The lowest BCUT2D eigenvalue weighted by Crippen LogP contribution is -2.33. The highest BCUT2D eigenvalue weighted by Gasteiger charge is 2.56. The molecule has 226 valence electrons. The maximum Gasteiger partial charge on any atom is 0.416 e. The van der Waals surface area contributed by atoms with E-state index in [9.17, 15) is 32.3 Å². The van der Waals surface area contributed by atoms with Gasteiger partial charge in [0.1, 0.15) is 17.5 Å². The summed E-state index contributed by atoms with van der Waals surface area (Å²) in [5.74, 6) is -2.44. The van der Waals surface area contributed by atoms with Gasteiger partial charge >= 0.3 is 11.0 Å². The number of rotatable bonds is 6. The van der Waals surface area contributed by atoms with Crippen LogP contribution in [-0.2, 0) is 27.1 Å². The second kappa shape index (κ2) is 11.3. The summed E-state index contributed by atoms with van der Waals surface area (Å²) in [6.07, 6.45) is -4.59. The normalized spacial score (nSPS) is 19.5. The van der Waals surface area contributed by atoms with Crippen LogP contribution in [0, 0.1) is 12.8 Å². The van der Waals surface area contributed by atoms with E-state index in [0.29, 0.717) is 26.9 Å². The van der Waals surface area contributed by atoms with Gasteiger partial charge in [-0.2, -0.15) is 13.2 Å². The van der Waals surface area contributed by atoms with Gasteiger partial charge in [-0.05, 0) is 55.0 Å². The Morgan fingerprint density at radius 3 is 2.34 bits per heavy atom. The predicted molar refractivity (Wildman–Crippen MR) is 160 cm³/mol. The van der Waals surface area contributed by atoms with Crippen molar-refractivity contribution in [3.8, 4) is 5.75 Å². The Hall–Kier alpha value is -4.36. The van der Waals surface area contributed by atoms with Crippen molar-refractivity contribution >= 4 is 52.2 Å². The molecule has 0 unspecified atom stereocenters. The fourth-order valence-corrected chi connectivity index (χ4v) is 8.26. The lowest BCUT2D eigenvalue weighted by molar-refractivity contribution is -0.137. The van der Waals surface area contributed by atoms with E-state index in [4.69, 9.17) is 4.74 Å². The minimum atomic E-state index is -4.59. The number of thiazole rings is 1. The van der Waals surface area contributed by atoms with Crippen LogP contribution in [0.3, 0.4) is 0 Å². The highest BCUT2D eigenvalue weighted by molar-refractivity contribution is 8.00. The van der Waals surface area contributed by atoms with Crippen LogP contribution in [0.1, 0.15) is 27.5 Å². The van der Waals surface area contributed by atoms with E-state index in [0.717, 1.165) is 40.8 Å². The fourth-order valence-electron chi connectivity index (χ4n) is 5.49. The summed E-state index contributed by atoms with van der Waals surface area (Å²) in [4.78, 5) is 55.3. The number of anilines is 2. The number of carbonyl (C=O) groups is 3. The quantitative estimate of drug-likeness (QED) is 0.273. The third kappa shape index (κ3) is 5.30. The Bertz CT molecular complexity index is 1830. The molecule has 3 heterocycles. The molecule has 1 fully saturated rings. The first-order valence-corrected chi connectivity index (χ1v) is 15.1. The van der Waals surface area contributed by atoms with E-state index in [-0.39, 0.29) is 5.69 Å². The lowest BCUT2D eigenvalue weighted by Gasteiger charge is -2.30. The molecule has 13 heteroatoms. The molecule has 1 N–H and O–H groups in total. The number of nitrogens with one attached hydrogen (secondary N) is 1. The van der Waals surface area contributed by atoms with Gasteiger partial charge in [0.05, 0.1) is 29.3 Å². The molecule has 0 spiro atoms. The minimum absolute atomic E-state index is 0.0731. The van der Waals surface area contributed by atoms with Crippen LogP contribution in [0.25, 0.3) is 0 Å². The van der Waals surface area contributed by atoms with Gasteiger partial charge in [0, 0.05) is 16.5 Å². The first-order chi connectivity index (χ1) is 21.0. The maximum atomic E-state index is 14.0. The molecule has 8 nitrogen and oxygen atoms in total. The standard InChI is InChI=1S/C31H24F3N3O5S2/c1-16-6-10-20(11-7-16)37-27(39)24-23(17-8-12-21(42-2)13-9-17)26-29(43-25(24)28(37)40)36(30(41)44-26)15-22(38)35-19-5-3-4-18(14-19)31(32,33)34/h3-14,23-25H,15H2,1-2H3,(H,35,38)/t23-,24-,25+/m0/s1. The summed E-state index contributed by atoms with van der Waals surface area (Å²) in [7, 11) is 1.52. The van der Waals surface area contributed by atoms with Crippen LogP contribution in [0.15, 0.2) is 82.6 Å². The summed E-state index contributed by atoms with van der Waals surface area (Å²) in [5.41, 5.74) is 1.10. The zero-order chi connectivity index (χ0) is 31.3. The summed E-state index contributed by atoms with van der Waals surface area (Å²) in [5, 5.41) is 1.92. The number of imide groups is 1. The number of thioether (sulfide) groups is 1. The molecule has 2 aliphatic heterocycles. The smallest absolute Gasteiger partial charge is 0.416 e. The van der Waals surface area contributed by atoms with Gasteiger partial charge in [-0.1, -0.05) is 59.0 Å². The molecule has 4 aromatic rings. The van der Waals surface area contributed by atoms with Crippen molar-refractivity contribution in [3.63, 3.8) is 0 Å². The second-order valence-electron chi connectivity index (χ2n) is 10.4. The molecule has 3 amide bonds. The van der Waals surface area contributed by atoms with Crippen molar-refractivity contribution in [2.75, 3.05) is 17.3 Å². The van der Waals surface area contributed by atoms with Crippen LogP contribution < -0.4 is 19.8 Å². The number of hydrogen-bond acceptors (Lipinski definition) is 7. The Labute approximate surface area is 257 Å². The fraction of sp³-hybridized carbons (Fsp3) is 0.226. The zero-order valence-electron chi connectivity index (χ0n) is 23.3. The molecule has 6 rings (SSSR count). The number of nitrogens with zero attached hydrogens (tertiary/aromatic N) is 2. The number of alkyl halides is 3. The molecule has 1 aromatic heterocycles. The number of ether oxygens (including phenoxy) is 1. The SMILES string of the molecule is COc1ccc([C@@H]2c3sc(=O)n(CC(=O)Nc4cccc(C(F)(F)F)c4)c3S[C@H]3C(=O)N(c4ccc(C)cc4)C(=O)[C@@H]23)cc1. The topological polar surface area (TPSA) is 97.7 Å². The Kier molecular flexibility index (Phi) is 7.62. The number of halogens is 3. The van der Waals surface area contributed by atoms with Gasteiger partial charge in [-0.3, -0.25) is 23.7 Å². The summed E-state index contributed by atoms with van der Waals surface area (Å²) >= 11 is 1.94. The van der Waals surface area contributed by atoms with Crippen LogP contribution in [-0.4, -0.2) is 34.6 Å². The number of amides is 3. The lowest BCUT2D eigenvalue weighted by atomic mass is 9.83. The molecule has 3 aromatic carbocycles. The number of methoxy groups -OCH3 is 1. The first-order valence-electron chi connectivity index (χ1n) is 13.4. The summed E-state index contributed by atoms with van der Waals surface area (Å²) < 4.78 is 46.0. The number of benzene rings is 3. The maximum absolute atomic E-state index is 14.0. The van der Waals surface area contributed by atoms with Gasteiger partial charge in [0.15, 0.2) is 0 Å². The number of hydrogen-bond donors (Lipinski definition) is 1. The molecule has 3 atom stereocenters. The van der Waals surface area contributed by atoms with Crippen molar-refractivity contribution in [2.45, 2.75) is 35.8 Å². The molecule has 0 aliphatic carbocycles. The van der Waals surface area contributed by atoms with Crippen LogP contribution in [0.4, 0.5) is 24.5 Å². The monoisotopic (exact) mass is 639 g/mol. The highest BCUT2D eigenvalue weighted by Crippen LogP contribution is 2.54. The van der Waals surface area contributed by atoms with Crippen molar-refractivity contribution in [3.05, 3.63) is 104 Å². The van der Waals surface area contributed by atoms with E-state index < -0.39 is 58.0 Å². The molecule has 2 aliphatic rings. The van der Waals surface area contributed by atoms with Crippen LogP contribution in [0.5, 0.6) is 5.75 Å². The Balaban J connectivity index is 1.38. The molecular weight excluding hydrogens is 615 g/mol. The molecule has 0 radical (unpaired) electrons. The minimum Gasteiger partial charge on any atom is -0.497 e. The summed E-state index contributed by atoms with van der Waals surface area (Å²) in [6, 6.07) is 18.2. The summed E-state index contributed by atoms with van der Waals surface area (Å²) in [6.45, 7) is 1.40. The Morgan fingerprint density at radius 1 is 0.977 bits per heavy atom. The van der Waals surface area contributed by atoms with E-state index in [2.05, 4.69) is 5.32 Å². The largest absolute Gasteiger partial charge is 0.497 e. The van der Waals surface area contributed by atoms with Gasteiger partial charge < -0.3 is 10.1 Å². The molecular formula is C31H24F3N3O5S2. The third-order valence-electron chi connectivity index (χ3n) is 7.59. The van der Waals surface area contributed by atoms with E-state index in [1.165, 1.54) is 28.7 Å². The molecule has 1 saturated heterocycles. The van der Waals surface area contributed by atoms with Crippen molar-refractivity contribution in [1.29, 1.82) is 0 Å². The van der Waals surface area contributed by atoms with E-state index in [1.807, 2.05) is 19.1 Å². The average Bonchev–Trinajstić information content (AvgIpc) is 3.43. The zero-order valence-corrected chi connectivity index (χ0v) is 24.9.